The zero-order valence-electron chi connectivity index (χ0n) is 10.4. The summed E-state index contributed by atoms with van der Waals surface area (Å²) in [6, 6.07) is 11.5. The maximum Gasteiger partial charge on any atom is 0.254 e. The molecule has 3 aromatic rings. The Morgan fingerprint density at radius 1 is 1.21 bits per heavy atom. The Balaban J connectivity index is 1.95. The summed E-state index contributed by atoms with van der Waals surface area (Å²) in [5.74, 6) is 1.47. The Labute approximate surface area is 109 Å². The summed E-state index contributed by atoms with van der Waals surface area (Å²) in [6.45, 7) is 1.94. The highest BCUT2D eigenvalue weighted by atomic mass is 16.5. The highest BCUT2D eigenvalue weighted by Crippen LogP contribution is 2.21. The third-order valence-electron chi connectivity index (χ3n) is 2.76. The first-order chi connectivity index (χ1) is 9.24. The molecule has 0 fully saturated rings. The molecule has 2 heterocycles. The zero-order chi connectivity index (χ0) is 13.2. The number of aromatic nitrogens is 4. The number of nitrogen functional groups attached to an aromatic ring is 1. The lowest BCUT2D eigenvalue weighted by Crippen LogP contribution is -2.10. The average Bonchev–Trinajstić information content (AvgIpc) is 2.79. The number of nitrogens with two attached hydrogens (primary N) is 1. The molecule has 0 saturated heterocycles. The molecular weight excluding hydrogens is 242 g/mol. The van der Waals surface area contributed by atoms with E-state index in [0.29, 0.717) is 5.78 Å². The van der Waals surface area contributed by atoms with Crippen molar-refractivity contribution in [3.05, 3.63) is 48.3 Å². The molecule has 0 bridgehead atoms. The molecule has 0 spiro atoms. The maximum atomic E-state index is 5.86. The number of nitrogens with zero attached hydrogens (tertiary/aromatic N) is 4. The molecule has 6 nitrogen and oxygen atoms in total. The third-order valence-corrected chi connectivity index (χ3v) is 2.76. The van der Waals surface area contributed by atoms with Crippen molar-refractivity contribution in [2.24, 2.45) is 0 Å². The Kier molecular flexibility index (Phi) is 2.75. The Morgan fingerprint density at radius 2 is 2.00 bits per heavy atom. The number of fused-ring (bicyclic) bond motifs is 1. The fourth-order valence-electron chi connectivity index (χ4n) is 1.90. The van der Waals surface area contributed by atoms with E-state index in [4.69, 9.17) is 10.5 Å². The molecule has 96 valence electrons. The summed E-state index contributed by atoms with van der Waals surface area (Å²) in [5.41, 5.74) is 6.43. The van der Waals surface area contributed by atoms with Crippen LogP contribution in [0.4, 0.5) is 5.95 Å². The van der Waals surface area contributed by atoms with E-state index in [1.54, 1.807) is 10.7 Å². The van der Waals surface area contributed by atoms with Crippen LogP contribution in [0.1, 0.15) is 18.7 Å². The van der Waals surface area contributed by atoms with Crippen molar-refractivity contribution in [2.75, 3.05) is 5.73 Å². The van der Waals surface area contributed by atoms with E-state index in [1.807, 2.05) is 43.3 Å². The van der Waals surface area contributed by atoms with Crippen molar-refractivity contribution in [1.29, 1.82) is 0 Å². The summed E-state index contributed by atoms with van der Waals surface area (Å²) in [4.78, 5) is 8.13. The molecular formula is C13H13N5O. The minimum atomic E-state index is -0.186. The van der Waals surface area contributed by atoms with Crippen LogP contribution in [-0.4, -0.2) is 19.6 Å². The van der Waals surface area contributed by atoms with E-state index in [1.165, 1.54) is 0 Å². The van der Waals surface area contributed by atoms with Gasteiger partial charge in [0.2, 0.25) is 5.95 Å². The zero-order valence-corrected chi connectivity index (χ0v) is 10.4. The molecule has 2 N–H and O–H groups in total. The average molecular weight is 255 g/mol. The van der Waals surface area contributed by atoms with Gasteiger partial charge in [-0.2, -0.15) is 9.50 Å². The summed E-state index contributed by atoms with van der Waals surface area (Å²) >= 11 is 0. The van der Waals surface area contributed by atoms with Gasteiger partial charge in [-0.3, -0.25) is 0 Å². The SMILES string of the molecule is CC(Oc1ccccc1)c1ccnc2nc(N)nn12. The van der Waals surface area contributed by atoms with Crippen LogP contribution in [0.3, 0.4) is 0 Å². The molecule has 0 radical (unpaired) electrons. The number of benzene rings is 1. The van der Waals surface area contributed by atoms with Crippen LogP contribution in [0.5, 0.6) is 5.75 Å². The van der Waals surface area contributed by atoms with Crippen molar-refractivity contribution >= 4 is 11.7 Å². The Morgan fingerprint density at radius 3 is 2.79 bits per heavy atom. The number of hydrogen-bond acceptors (Lipinski definition) is 5. The van der Waals surface area contributed by atoms with Crippen molar-refractivity contribution in [3.8, 4) is 5.75 Å². The fraction of sp³-hybridized carbons (Fsp3) is 0.154. The van der Waals surface area contributed by atoms with Crippen LogP contribution in [-0.2, 0) is 0 Å². The van der Waals surface area contributed by atoms with Crippen molar-refractivity contribution in [2.45, 2.75) is 13.0 Å². The van der Waals surface area contributed by atoms with E-state index in [9.17, 15) is 0 Å². The molecule has 0 saturated carbocycles. The van der Waals surface area contributed by atoms with Crippen LogP contribution in [0.25, 0.3) is 5.78 Å². The second-order valence-electron chi connectivity index (χ2n) is 4.12. The van der Waals surface area contributed by atoms with Crippen LogP contribution >= 0.6 is 0 Å². The molecule has 0 aliphatic heterocycles. The van der Waals surface area contributed by atoms with Crippen molar-refractivity contribution in [1.82, 2.24) is 19.6 Å². The van der Waals surface area contributed by atoms with Gasteiger partial charge in [-0.05, 0) is 25.1 Å². The van der Waals surface area contributed by atoms with Crippen LogP contribution in [0, 0.1) is 0 Å². The van der Waals surface area contributed by atoms with Gasteiger partial charge in [0.15, 0.2) is 0 Å². The monoisotopic (exact) mass is 255 g/mol. The lowest BCUT2D eigenvalue weighted by molar-refractivity contribution is 0.219. The van der Waals surface area contributed by atoms with E-state index in [2.05, 4.69) is 15.1 Å². The predicted molar refractivity (Wildman–Crippen MR) is 70.7 cm³/mol. The number of hydrogen-bond donors (Lipinski definition) is 1. The molecule has 1 unspecified atom stereocenters. The molecule has 6 heteroatoms. The van der Waals surface area contributed by atoms with Crippen LogP contribution in [0.2, 0.25) is 0 Å². The smallest absolute Gasteiger partial charge is 0.254 e. The van der Waals surface area contributed by atoms with E-state index in [0.717, 1.165) is 11.4 Å². The second kappa shape index (κ2) is 4.56. The first kappa shape index (κ1) is 11.5. The van der Waals surface area contributed by atoms with Gasteiger partial charge in [0, 0.05) is 6.20 Å². The topological polar surface area (TPSA) is 78.3 Å². The molecule has 1 aromatic carbocycles. The molecule has 19 heavy (non-hydrogen) atoms. The van der Waals surface area contributed by atoms with Gasteiger partial charge in [0.25, 0.3) is 5.78 Å². The molecule has 0 amide bonds. The lowest BCUT2D eigenvalue weighted by atomic mass is 10.2. The summed E-state index contributed by atoms with van der Waals surface area (Å²) < 4.78 is 7.46. The molecule has 2 aromatic heterocycles. The Bertz CT molecular complexity index is 695. The minimum absolute atomic E-state index is 0.186. The number of rotatable bonds is 3. The molecule has 1 atom stereocenters. The summed E-state index contributed by atoms with van der Waals surface area (Å²) in [5, 5.41) is 4.12. The molecule has 0 aliphatic rings. The number of anilines is 1. The third kappa shape index (κ3) is 2.20. The van der Waals surface area contributed by atoms with Crippen molar-refractivity contribution < 1.29 is 4.74 Å². The maximum absolute atomic E-state index is 5.86. The normalized spacial score (nSPS) is 12.5. The number of ether oxygens (including phenoxy) is 1. The highest BCUT2D eigenvalue weighted by molar-refractivity contribution is 5.35. The van der Waals surface area contributed by atoms with Gasteiger partial charge in [0.05, 0.1) is 5.69 Å². The lowest BCUT2D eigenvalue weighted by Gasteiger charge is -2.15. The van der Waals surface area contributed by atoms with Gasteiger partial charge in [-0.25, -0.2) is 4.98 Å². The number of para-hydroxylation sites is 1. The van der Waals surface area contributed by atoms with E-state index >= 15 is 0 Å². The predicted octanol–water partition coefficient (Wildman–Crippen LogP) is 1.85. The van der Waals surface area contributed by atoms with E-state index in [-0.39, 0.29) is 12.1 Å². The van der Waals surface area contributed by atoms with Gasteiger partial charge in [-0.1, -0.05) is 18.2 Å². The highest BCUT2D eigenvalue weighted by Gasteiger charge is 2.14. The van der Waals surface area contributed by atoms with Crippen molar-refractivity contribution in [3.63, 3.8) is 0 Å². The minimum Gasteiger partial charge on any atom is -0.484 e. The van der Waals surface area contributed by atoms with E-state index < -0.39 is 0 Å². The van der Waals surface area contributed by atoms with Gasteiger partial charge in [0.1, 0.15) is 11.9 Å². The quantitative estimate of drug-likeness (QED) is 0.772. The fourth-order valence-corrected chi connectivity index (χ4v) is 1.90. The second-order valence-corrected chi connectivity index (χ2v) is 4.12. The first-order valence-electron chi connectivity index (χ1n) is 5.93. The summed E-state index contributed by atoms with van der Waals surface area (Å²) in [7, 11) is 0. The molecule has 0 aliphatic carbocycles. The standard InChI is InChI=1S/C13H13N5O/c1-9(19-10-5-3-2-4-6-10)11-7-8-15-13-16-12(14)17-18(11)13/h2-9H,1H3,(H2,14,17). The van der Waals surface area contributed by atoms with Gasteiger partial charge < -0.3 is 10.5 Å². The van der Waals surface area contributed by atoms with Crippen LogP contribution in [0.15, 0.2) is 42.6 Å². The first-order valence-corrected chi connectivity index (χ1v) is 5.93. The summed E-state index contributed by atoms with van der Waals surface area (Å²) in [6.07, 6.45) is 1.48. The van der Waals surface area contributed by atoms with Gasteiger partial charge in [-0.15, -0.1) is 5.10 Å². The Hall–Kier alpha value is -2.63. The molecule has 3 rings (SSSR count). The van der Waals surface area contributed by atoms with Crippen LogP contribution < -0.4 is 10.5 Å². The largest absolute Gasteiger partial charge is 0.484 e. The van der Waals surface area contributed by atoms with Gasteiger partial charge >= 0.3 is 0 Å².